The summed E-state index contributed by atoms with van der Waals surface area (Å²) in [5.74, 6) is -1.89. The number of esters is 3. The van der Waals surface area contributed by atoms with Crippen molar-refractivity contribution in [2.75, 3.05) is 6.61 Å². The largest absolute Gasteiger partial charge is 0.463 e. The van der Waals surface area contributed by atoms with Gasteiger partial charge in [-0.3, -0.25) is 14.4 Å². The number of nitrogens with two attached hydrogens (primary N) is 1. The maximum Gasteiger partial charge on any atom is 0.304 e. The van der Waals surface area contributed by atoms with E-state index in [9.17, 15) is 19.5 Å². The topological polar surface area (TPSA) is 134 Å². The first-order valence-corrected chi connectivity index (χ1v) is 6.29. The summed E-state index contributed by atoms with van der Waals surface area (Å²) in [6.07, 6.45) is -4.71. The lowest BCUT2D eigenvalue weighted by molar-refractivity contribution is -0.264. The van der Waals surface area contributed by atoms with E-state index in [1.54, 1.807) is 0 Å². The van der Waals surface area contributed by atoms with Crippen LogP contribution in [0, 0.1) is 0 Å². The molecule has 1 rings (SSSR count). The summed E-state index contributed by atoms with van der Waals surface area (Å²) in [6, 6.07) is -1.10. The van der Waals surface area contributed by atoms with Crippen LogP contribution in [0.1, 0.15) is 20.8 Å². The highest BCUT2D eigenvalue weighted by Crippen LogP contribution is 2.24. The van der Waals surface area contributed by atoms with E-state index in [-0.39, 0.29) is 6.61 Å². The second kappa shape index (κ2) is 7.34. The predicted molar refractivity (Wildman–Crippen MR) is 66.6 cm³/mol. The standard InChI is InChI=1S/C12H19NO8/c1-5(14)18-4-8-11(19-6(2)15)10(17)9(13)12(21-8)20-7(3)16/h8-12,17H,4,13H2,1-3H3. The van der Waals surface area contributed by atoms with Crippen LogP contribution in [0.3, 0.4) is 0 Å². The van der Waals surface area contributed by atoms with E-state index >= 15 is 0 Å². The maximum absolute atomic E-state index is 11.1. The Morgan fingerprint density at radius 2 is 1.67 bits per heavy atom. The minimum absolute atomic E-state index is 0.283. The Bertz CT molecular complexity index is 412. The Hall–Kier alpha value is -1.71. The predicted octanol–water partition coefficient (Wildman–Crippen LogP) is -1.54. The number of rotatable bonds is 4. The van der Waals surface area contributed by atoms with Gasteiger partial charge in [-0.2, -0.15) is 0 Å². The van der Waals surface area contributed by atoms with E-state index in [0.29, 0.717) is 0 Å². The van der Waals surface area contributed by atoms with Gasteiger partial charge < -0.3 is 29.8 Å². The molecule has 9 heteroatoms. The van der Waals surface area contributed by atoms with Crippen LogP contribution in [-0.2, 0) is 33.3 Å². The lowest BCUT2D eigenvalue weighted by Crippen LogP contribution is -2.63. The molecule has 0 amide bonds. The minimum Gasteiger partial charge on any atom is -0.463 e. The second-order valence-electron chi connectivity index (χ2n) is 4.60. The molecule has 0 bridgehead atoms. The van der Waals surface area contributed by atoms with Crippen LogP contribution in [0.5, 0.6) is 0 Å². The van der Waals surface area contributed by atoms with Crippen molar-refractivity contribution in [3.05, 3.63) is 0 Å². The summed E-state index contributed by atoms with van der Waals surface area (Å²) >= 11 is 0. The zero-order valence-electron chi connectivity index (χ0n) is 12.0. The van der Waals surface area contributed by atoms with Gasteiger partial charge in [-0.25, -0.2) is 0 Å². The first-order valence-electron chi connectivity index (χ1n) is 6.29. The molecule has 21 heavy (non-hydrogen) atoms. The van der Waals surface area contributed by atoms with E-state index in [1.807, 2.05) is 0 Å². The maximum atomic E-state index is 11.1. The SMILES string of the molecule is CC(=O)OCC1OC(OC(C)=O)C(N)C(O)C1OC(C)=O. The van der Waals surface area contributed by atoms with Gasteiger partial charge in [-0.1, -0.05) is 0 Å². The van der Waals surface area contributed by atoms with Crippen LogP contribution < -0.4 is 5.73 Å². The molecule has 1 saturated heterocycles. The quantitative estimate of drug-likeness (QED) is 0.468. The normalized spacial score (nSPS) is 32.1. The third kappa shape index (κ3) is 4.96. The summed E-state index contributed by atoms with van der Waals surface area (Å²) in [5.41, 5.74) is 5.70. The molecule has 1 aliphatic rings. The smallest absolute Gasteiger partial charge is 0.304 e. The molecule has 3 N–H and O–H groups in total. The van der Waals surface area contributed by atoms with Crippen LogP contribution in [-0.4, -0.2) is 60.3 Å². The van der Waals surface area contributed by atoms with E-state index in [0.717, 1.165) is 13.8 Å². The van der Waals surface area contributed by atoms with Crippen molar-refractivity contribution in [3.63, 3.8) is 0 Å². The molecule has 0 saturated carbocycles. The molecule has 1 heterocycles. The highest BCUT2D eigenvalue weighted by Gasteiger charge is 2.47. The zero-order chi connectivity index (χ0) is 16.2. The number of aliphatic hydroxyl groups excluding tert-OH is 1. The average molecular weight is 305 g/mol. The number of carbonyl (C=O) groups is 3. The summed E-state index contributed by atoms with van der Waals surface area (Å²) in [5, 5.41) is 10.1. The molecule has 0 spiro atoms. The van der Waals surface area contributed by atoms with Gasteiger partial charge in [0.05, 0.1) is 6.04 Å². The molecule has 120 valence electrons. The fraction of sp³-hybridized carbons (Fsp3) is 0.750. The third-order valence-electron chi connectivity index (χ3n) is 2.76. The van der Waals surface area contributed by atoms with Crippen molar-refractivity contribution in [2.45, 2.75) is 51.4 Å². The van der Waals surface area contributed by atoms with E-state index < -0.39 is 48.6 Å². The van der Waals surface area contributed by atoms with Crippen LogP contribution in [0.15, 0.2) is 0 Å². The number of hydrogen-bond donors (Lipinski definition) is 2. The highest BCUT2D eigenvalue weighted by atomic mass is 16.7. The molecule has 0 aromatic carbocycles. The summed E-state index contributed by atoms with van der Waals surface area (Å²) in [6.45, 7) is 3.21. The third-order valence-corrected chi connectivity index (χ3v) is 2.76. The van der Waals surface area contributed by atoms with Crippen molar-refractivity contribution >= 4 is 17.9 Å². The minimum atomic E-state index is -1.34. The van der Waals surface area contributed by atoms with Crippen molar-refractivity contribution < 1.29 is 38.4 Å². The molecule has 0 aliphatic carbocycles. The zero-order valence-corrected chi connectivity index (χ0v) is 12.0. The highest BCUT2D eigenvalue weighted by molar-refractivity contribution is 5.67. The fourth-order valence-electron chi connectivity index (χ4n) is 1.88. The summed E-state index contributed by atoms with van der Waals surface area (Å²) in [7, 11) is 0. The fourth-order valence-corrected chi connectivity index (χ4v) is 1.88. The number of carbonyl (C=O) groups excluding carboxylic acids is 3. The molecular formula is C12H19NO8. The van der Waals surface area contributed by atoms with Gasteiger partial charge in [0, 0.05) is 20.8 Å². The molecule has 5 atom stereocenters. The van der Waals surface area contributed by atoms with Gasteiger partial charge in [0.1, 0.15) is 18.8 Å². The molecule has 0 radical (unpaired) electrons. The lowest BCUT2D eigenvalue weighted by Gasteiger charge is -2.41. The summed E-state index contributed by atoms with van der Waals surface area (Å²) < 4.78 is 19.9. The number of aliphatic hydroxyl groups is 1. The lowest BCUT2D eigenvalue weighted by atomic mass is 9.97. The van der Waals surface area contributed by atoms with Crippen LogP contribution in [0.4, 0.5) is 0 Å². The van der Waals surface area contributed by atoms with Gasteiger partial charge >= 0.3 is 17.9 Å². The van der Waals surface area contributed by atoms with Crippen LogP contribution >= 0.6 is 0 Å². The van der Waals surface area contributed by atoms with E-state index in [4.69, 9.17) is 24.7 Å². The Morgan fingerprint density at radius 3 is 2.14 bits per heavy atom. The van der Waals surface area contributed by atoms with Crippen LogP contribution in [0.2, 0.25) is 0 Å². The molecule has 9 nitrogen and oxygen atoms in total. The molecule has 1 aliphatic heterocycles. The first kappa shape index (κ1) is 17.3. The Kier molecular flexibility index (Phi) is 6.06. The molecule has 0 aromatic heterocycles. The Labute approximate surface area is 121 Å². The van der Waals surface area contributed by atoms with Crippen LogP contribution in [0.25, 0.3) is 0 Å². The van der Waals surface area contributed by atoms with Gasteiger partial charge in [0.15, 0.2) is 6.10 Å². The first-order chi connectivity index (χ1) is 9.72. The van der Waals surface area contributed by atoms with Crippen molar-refractivity contribution in [1.29, 1.82) is 0 Å². The molecular weight excluding hydrogens is 286 g/mol. The van der Waals surface area contributed by atoms with Crippen molar-refractivity contribution in [2.24, 2.45) is 5.73 Å². The van der Waals surface area contributed by atoms with E-state index in [2.05, 4.69) is 0 Å². The Balaban J connectivity index is 2.86. The Morgan fingerprint density at radius 1 is 1.10 bits per heavy atom. The van der Waals surface area contributed by atoms with Gasteiger partial charge in [0.2, 0.25) is 6.29 Å². The van der Waals surface area contributed by atoms with Crippen molar-refractivity contribution in [1.82, 2.24) is 0 Å². The van der Waals surface area contributed by atoms with Gasteiger partial charge in [-0.05, 0) is 0 Å². The monoisotopic (exact) mass is 305 g/mol. The molecule has 5 unspecified atom stereocenters. The second-order valence-corrected chi connectivity index (χ2v) is 4.60. The average Bonchev–Trinajstić information content (AvgIpc) is 2.35. The number of hydrogen-bond acceptors (Lipinski definition) is 9. The van der Waals surface area contributed by atoms with Crippen molar-refractivity contribution in [3.8, 4) is 0 Å². The van der Waals surface area contributed by atoms with Gasteiger partial charge in [-0.15, -0.1) is 0 Å². The molecule has 0 aromatic rings. The van der Waals surface area contributed by atoms with Gasteiger partial charge in [0.25, 0.3) is 0 Å². The molecule has 1 fully saturated rings. The summed E-state index contributed by atoms with van der Waals surface area (Å²) in [4.78, 5) is 32.9. The van der Waals surface area contributed by atoms with E-state index in [1.165, 1.54) is 6.92 Å². The number of ether oxygens (including phenoxy) is 4.